The molecule has 0 N–H and O–H groups in total. The van der Waals surface area contributed by atoms with Crippen LogP contribution < -0.4 is 4.90 Å². The predicted octanol–water partition coefficient (Wildman–Crippen LogP) is 17.5. The van der Waals surface area contributed by atoms with Crippen LogP contribution in [0.3, 0.4) is 0 Å². The van der Waals surface area contributed by atoms with Crippen molar-refractivity contribution < 1.29 is 0 Å². The van der Waals surface area contributed by atoms with Crippen LogP contribution in [0, 0.1) is 6.92 Å². The first-order valence-electron chi connectivity index (χ1n) is 23.0. The Morgan fingerprint density at radius 2 is 1.15 bits per heavy atom. The highest BCUT2D eigenvalue weighted by Gasteiger charge is 2.38. The second-order valence-electron chi connectivity index (χ2n) is 18.5. The molecule has 0 aliphatic heterocycles. The third-order valence-electron chi connectivity index (χ3n) is 14.1. The van der Waals surface area contributed by atoms with Gasteiger partial charge in [-0.25, -0.2) is 0 Å². The average Bonchev–Trinajstić information content (AvgIpc) is 3.74. The van der Waals surface area contributed by atoms with E-state index in [4.69, 9.17) is 0 Å². The summed E-state index contributed by atoms with van der Waals surface area (Å²) in [6, 6.07) is 62.3. The Morgan fingerprint density at radius 1 is 0.532 bits per heavy atom. The Balaban J connectivity index is 1.17. The van der Waals surface area contributed by atoms with Gasteiger partial charge in [0, 0.05) is 44.2 Å². The molecule has 0 bridgehead atoms. The van der Waals surface area contributed by atoms with Gasteiger partial charge in [0.2, 0.25) is 0 Å². The zero-order valence-electron chi connectivity index (χ0n) is 37.5. The molecule has 0 saturated carbocycles. The molecule has 1 aliphatic carbocycles. The van der Waals surface area contributed by atoms with Crippen molar-refractivity contribution in [1.82, 2.24) is 4.57 Å². The summed E-state index contributed by atoms with van der Waals surface area (Å²) in [5, 5.41) is 5.13. The van der Waals surface area contributed by atoms with Gasteiger partial charge in [0.05, 0.1) is 16.7 Å². The molecule has 2 atom stereocenters. The smallest absolute Gasteiger partial charge is 0.0619 e. The fraction of sp³-hybridized carbons (Fsp3) is 0.233. The number of aromatic nitrogens is 1. The lowest BCUT2D eigenvalue weighted by Crippen LogP contribution is -2.17. The standard InChI is InChI=1S/C60H58N2/c1-8-16-40(4)42-25-29-45(30-26-42)61(46-31-27-43(28-32-46)41(5)17-9-2)57-38-55-58(50-21-14-13-20-49(50)57)52-34-33-47(37-54(52)60(55,6)7)62-56-35-24-39(3)36-53(56)51-23-15-22-48(59(51)62)44-18-11-10-12-19-44/h10-15,18-38,40-41H,8-9,16-17H2,1-7H3. The molecule has 1 heterocycles. The van der Waals surface area contributed by atoms with Crippen LogP contribution in [0.2, 0.25) is 0 Å². The molecule has 1 aliphatic rings. The third kappa shape index (κ3) is 6.54. The maximum absolute atomic E-state index is 2.52. The number of benzene rings is 8. The van der Waals surface area contributed by atoms with Gasteiger partial charge in [-0.2, -0.15) is 0 Å². The van der Waals surface area contributed by atoms with Crippen LogP contribution in [-0.2, 0) is 5.41 Å². The summed E-state index contributed by atoms with van der Waals surface area (Å²) in [7, 11) is 0. The summed E-state index contributed by atoms with van der Waals surface area (Å²) in [6.07, 6.45) is 4.76. The molecule has 10 rings (SSSR count). The largest absolute Gasteiger partial charge is 0.310 e. The maximum atomic E-state index is 2.52. The summed E-state index contributed by atoms with van der Waals surface area (Å²) < 4.78 is 2.52. The molecule has 2 unspecified atom stereocenters. The zero-order valence-corrected chi connectivity index (χ0v) is 37.5. The number of nitrogens with zero attached hydrogens (tertiary/aromatic N) is 2. The van der Waals surface area contributed by atoms with Crippen LogP contribution >= 0.6 is 0 Å². The lowest BCUT2D eigenvalue weighted by atomic mass is 9.81. The molecule has 308 valence electrons. The highest BCUT2D eigenvalue weighted by molar-refractivity contribution is 6.14. The van der Waals surface area contributed by atoms with Gasteiger partial charge in [0.25, 0.3) is 0 Å². The Morgan fingerprint density at radius 3 is 1.79 bits per heavy atom. The van der Waals surface area contributed by atoms with Crippen LogP contribution in [0.4, 0.5) is 17.1 Å². The van der Waals surface area contributed by atoms with E-state index in [2.05, 4.69) is 222 Å². The molecule has 0 saturated heterocycles. The predicted molar refractivity (Wildman–Crippen MR) is 267 cm³/mol. The first kappa shape index (κ1) is 39.7. The number of hydrogen-bond acceptors (Lipinski definition) is 1. The summed E-state index contributed by atoms with van der Waals surface area (Å²) in [5.41, 5.74) is 19.0. The van der Waals surface area contributed by atoms with E-state index in [0.29, 0.717) is 11.8 Å². The zero-order chi connectivity index (χ0) is 42.7. The quantitative estimate of drug-likeness (QED) is 0.126. The fourth-order valence-electron chi connectivity index (χ4n) is 10.7. The monoisotopic (exact) mass is 806 g/mol. The van der Waals surface area contributed by atoms with E-state index in [1.54, 1.807) is 0 Å². The highest BCUT2D eigenvalue weighted by Crippen LogP contribution is 2.55. The lowest BCUT2D eigenvalue weighted by Gasteiger charge is -2.30. The summed E-state index contributed by atoms with van der Waals surface area (Å²) in [5.74, 6) is 1.06. The topological polar surface area (TPSA) is 8.17 Å². The average molecular weight is 807 g/mol. The third-order valence-corrected chi connectivity index (χ3v) is 14.1. The summed E-state index contributed by atoms with van der Waals surface area (Å²) in [4.78, 5) is 2.51. The normalized spacial score (nSPS) is 14.0. The van der Waals surface area contributed by atoms with Crippen molar-refractivity contribution in [2.75, 3.05) is 4.90 Å². The summed E-state index contributed by atoms with van der Waals surface area (Å²) >= 11 is 0. The van der Waals surface area contributed by atoms with E-state index in [9.17, 15) is 0 Å². The van der Waals surface area contributed by atoms with Crippen molar-refractivity contribution in [2.45, 2.75) is 91.4 Å². The van der Waals surface area contributed by atoms with Crippen molar-refractivity contribution in [1.29, 1.82) is 0 Å². The number of hydrogen-bond donors (Lipinski definition) is 0. The number of fused-ring (bicyclic) bond motifs is 8. The second kappa shape index (κ2) is 15.8. The molecule has 2 nitrogen and oxygen atoms in total. The lowest BCUT2D eigenvalue weighted by molar-refractivity contribution is 0.660. The van der Waals surface area contributed by atoms with E-state index in [0.717, 1.165) is 0 Å². The van der Waals surface area contributed by atoms with Crippen LogP contribution in [0.25, 0.3) is 60.5 Å². The molecule has 0 radical (unpaired) electrons. The molecule has 62 heavy (non-hydrogen) atoms. The first-order chi connectivity index (χ1) is 30.2. The van der Waals surface area contributed by atoms with E-state index in [1.165, 1.54) is 131 Å². The van der Waals surface area contributed by atoms with Crippen LogP contribution in [0.1, 0.15) is 107 Å². The van der Waals surface area contributed by atoms with E-state index in [1.807, 2.05) is 0 Å². The second-order valence-corrected chi connectivity index (χ2v) is 18.5. The van der Waals surface area contributed by atoms with Gasteiger partial charge in [0.15, 0.2) is 0 Å². The SMILES string of the molecule is CCCC(C)c1ccc(N(c2ccc(C(C)CCC)cc2)c2cc3c(c4ccccc24)-c2ccc(-n4c5ccc(C)cc5c5cccc(-c6ccccc6)c54)cc2C3(C)C)cc1. The molecule has 0 fully saturated rings. The highest BCUT2D eigenvalue weighted by atomic mass is 15.1. The van der Waals surface area contributed by atoms with Gasteiger partial charge in [-0.15, -0.1) is 0 Å². The van der Waals surface area contributed by atoms with Gasteiger partial charge < -0.3 is 9.47 Å². The number of rotatable bonds is 11. The number of para-hydroxylation sites is 1. The minimum Gasteiger partial charge on any atom is -0.310 e. The van der Waals surface area contributed by atoms with Gasteiger partial charge in [-0.1, -0.05) is 169 Å². The number of anilines is 3. The van der Waals surface area contributed by atoms with Crippen LogP contribution in [0.15, 0.2) is 164 Å². The maximum Gasteiger partial charge on any atom is 0.0619 e. The molecule has 2 heteroatoms. The van der Waals surface area contributed by atoms with Gasteiger partial charge in [0.1, 0.15) is 0 Å². The van der Waals surface area contributed by atoms with Crippen molar-refractivity contribution in [3.05, 3.63) is 192 Å². The summed E-state index contributed by atoms with van der Waals surface area (Å²) in [6.45, 7) is 16.3. The molecule has 1 aromatic heterocycles. The van der Waals surface area contributed by atoms with E-state index < -0.39 is 0 Å². The van der Waals surface area contributed by atoms with Crippen molar-refractivity contribution in [3.8, 4) is 27.9 Å². The molecule has 8 aromatic carbocycles. The molecule has 9 aromatic rings. The Bertz CT molecular complexity index is 3040. The molecular formula is C60H58N2. The van der Waals surface area contributed by atoms with Gasteiger partial charge in [-0.3, -0.25) is 0 Å². The Hall–Kier alpha value is -6.38. The Kier molecular flexibility index (Phi) is 10.1. The minimum atomic E-state index is -0.262. The van der Waals surface area contributed by atoms with Gasteiger partial charge in [-0.05, 0) is 131 Å². The van der Waals surface area contributed by atoms with E-state index in [-0.39, 0.29) is 5.41 Å². The van der Waals surface area contributed by atoms with E-state index >= 15 is 0 Å². The molecular weight excluding hydrogens is 749 g/mol. The minimum absolute atomic E-state index is 0.262. The number of aryl methyl sites for hydroxylation is 1. The van der Waals surface area contributed by atoms with Crippen molar-refractivity contribution in [2.24, 2.45) is 0 Å². The molecule has 0 spiro atoms. The molecule has 0 amide bonds. The fourth-order valence-corrected chi connectivity index (χ4v) is 10.7. The van der Waals surface area contributed by atoms with Crippen LogP contribution in [0.5, 0.6) is 0 Å². The van der Waals surface area contributed by atoms with Crippen molar-refractivity contribution >= 4 is 49.6 Å². The Labute approximate surface area is 368 Å². The van der Waals surface area contributed by atoms with Crippen LogP contribution in [-0.4, -0.2) is 4.57 Å². The first-order valence-corrected chi connectivity index (χ1v) is 23.0. The van der Waals surface area contributed by atoms with Gasteiger partial charge >= 0.3 is 0 Å². The van der Waals surface area contributed by atoms with Crippen molar-refractivity contribution in [3.63, 3.8) is 0 Å².